The third-order valence-electron chi connectivity index (χ3n) is 5.60. The van der Waals surface area contributed by atoms with Crippen LogP contribution in [0, 0.1) is 5.82 Å². The number of anilines is 2. The maximum Gasteiger partial charge on any atom is 0.319 e. The van der Waals surface area contributed by atoms with Gasteiger partial charge in [-0.05, 0) is 35.7 Å². The number of carbonyl (C=O) groups excluding carboxylic acids is 4. The Kier molecular flexibility index (Phi) is 6.19. The number of carbonyl (C=O) groups is 4. The topological polar surface area (TPSA) is 120 Å². The molecule has 2 aliphatic heterocycles. The summed E-state index contributed by atoms with van der Waals surface area (Å²) in [4.78, 5) is 50.0. The lowest BCUT2D eigenvalue weighted by Gasteiger charge is -2.29. The standard InChI is InChI=1S/C22H21ClFN5O4/c1-25-15-7-13(23)8-16(19(15)24)27-22(33)26-9-11-2-3-14-12(6-11)10-29(21(14)32)17-4-5-18(30)28-20(17)31/h2-3,6-8,17,25H,4-5,9-10H2,1H3,(H2,26,27,33)(H,28,30,31). The summed E-state index contributed by atoms with van der Waals surface area (Å²) in [6, 6.07) is 6.52. The van der Waals surface area contributed by atoms with E-state index in [0.29, 0.717) is 5.56 Å². The molecular formula is C22H21ClFN5O4. The van der Waals surface area contributed by atoms with E-state index in [-0.39, 0.29) is 54.1 Å². The molecule has 1 fully saturated rings. The van der Waals surface area contributed by atoms with E-state index < -0.39 is 23.8 Å². The van der Waals surface area contributed by atoms with E-state index in [9.17, 15) is 23.6 Å². The number of urea groups is 1. The highest BCUT2D eigenvalue weighted by atomic mass is 35.5. The van der Waals surface area contributed by atoms with Crippen molar-refractivity contribution in [3.8, 4) is 0 Å². The SMILES string of the molecule is CNc1cc(Cl)cc(NC(=O)NCc2ccc3c(c2)CN(C2CCC(=O)NC2=O)C3=O)c1F. The van der Waals surface area contributed by atoms with Gasteiger partial charge in [-0.2, -0.15) is 0 Å². The van der Waals surface area contributed by atoms with Gasteiger partial charge in [-0.25, -0.2) is 9.18 Å². The first-order chi connectivity index (χ1) is 15.8. The molecule has 9 nitrogen and oxygen atoms in total. The van der Waals surface area contributed by atoms with Gasteiger partial charge in [-0.15, -0.1) is 0 Å². The zero-order chi connectivity index (χ0) is 23.7. The number of hydrogen-bond acceptors (Lipinski definition) is 5. The Bertz CT molecular complexity index is 1170. The lowest BCUT2D eigenvalue weighted by atomic mass is 10.0. The van der Waals surface area contributed by atoms with Gasteiger partial charge in [-0.3, -0.25) is 19.7 Å². The van der Waals surface area contributed by atoms with Crippen LogP contribution in [0.4, 0.5) is 20.6 Å². The van der Waals surface area contributed by atoms with Crippen LogP contribution in [0.15, 0.2) is 30.3 Å². The molecule has 2 aromatic carbocycles. The van der Waals surface area contributed by atoms with Gasteiger partial charge in [-0.1, -0.05) is 23.7 Å². The van der Waals surface area contributed by atoms with Crippen molar-refractivity contribution in [1.29, 1.82) is 0 Å². The fraction of sp³-hybridized carbons (Fsp3) is 0.273. The predicted octanol–water partition coefficient (Wildman–Crippen LogP) is 2.60. The van der Waals surface area contributed by atoms with Gasteiger partial charge in [0, 0.05) is 37.1 Å². The Hall–Kier alpha value is -3.66. The smallest absolute Gasteiger partial charge is 0.319 e. The minimum atomic E-state index is -0.690. The van der Waals surface area contributed by atoms with Crippen LogP contribution in [0.5, 0.6) is 0 Å². The number of benzene rings is 2. The van der Waals surface area contributed by atoms with Gasteiger partial charge in [0.2, 0.25) is 11.8 Å². The van der Waals surface area contributed by atoms with E-state index in [2.05, 4.69) is 21.3 Å². The highest BCUT2D eigenvalue weighted by Crippen LogP contribution is 2.29. The molecule has 1 saturated heterocycles. The Morgan fingerprint density at radius 2 is 1.97 bits per heavy atom. The second-order valence-corrected chi connectivity index (χ2v) is 8.20. The highest BCUT2D eigenvalue weighted by molar-refractivity contribution is 6.31. The number of nitrogens with zero attached hydrogens (tertiary/aromatic N) is 1. The Morgan fingerprint density at radius 3 is 2.70 bits per heavy atom. The van der Waals surface area contributed by atoms with Gasteiger partial charge in [0.25, 0.3) is 5.91 Å². The van der Waals surface area contributed by atoms with Crippen molar-refractivity contribution in [2.24, 2.45) is 0 Å². The molecule has 4 N–H and O–H groups in total. The summed E-state index contributed by atoms with van der Waals surface area (Å²) in [7, 11) is 1.54. The van der Waals surface area contributed by atoms with Crippen LogP contribution in [0.3, 0.4) is 0 Å². The maximum atomic E-state index is 14.4. The number of amides is 5. The van der Waals surface area contributed by atoms with Crippen LogP contribution in [0.2, 0.25) is 5.02 Å². The average molecular weight is 474 g/mol. The Morgan fingerprint density at radius 1 is 1.21 bits per heavy atom. The monoisotopic (exact) mass is 473 g/mol. The number of hydrogen-bond donors (Lipinski definition) is 4. The van der Waals surface area contributed by atoms with Gasteiger partial charge in [0.1, 0.15) is 6.04 Å². The first-order valence-electron chi connectivity index (χ1n) is 10.2. The van der Waals surface area contributed by atoms with Gasteiger partial charge >= 0.3 is 6.03 Å². The fourth-order valence-electron chi connectivity index (χ4n) is 3.95. The summed E-state index contributed by atoms with van der Waals surface area (Å²) in [5, 5.41) is 10.3. The molecule has 1 atom stereocenters. The molecule has 2 aliphatic rings. The van der Waals surface area contributed by atoms with Crippen molar-refractivity contribution in [3.63, 3.8) is 0 Å². The fourth-order valence-corrected chi connectivity index (χ4v) is 4.17. The summed E-state index contributed by atoms with van der Waals surface area (Å²) in [5.74, 6) is -1.72. The average Bonchev–Trinajstić information content (AvgIpc) is 3.10. The minimum Gasteiger partial charge on any atom is -0.386 e. The normalized spacial score (nSPS) is 17.5. The van der Waals surface area contributed by atoms with Crippen molar-refractivity contribution in [3.05, 3.63) is 57.9 Å². The van der Waals surface area contributed by atoms with E-state index in [4.69, 9.17) is 11.6 Å². The number of rotatable bonds is 5. The molecular weight excluding hydrogens is 453 g/mol. The van der Waals surface area contributed by atoms with Crippen molar-refractivity contribution in [2.75, 3.05) is 17.7 Å². The molecule has 0 spiro atoms. The van der Waals surface area contributed by atoms with Crippen molar-refractivity contribution < 1.29 is 23.6 Å². The summed E-state index contributed by atoms with van der Waals surface area (Å²) in [5.41, 5.74) is 2.02. The second-order valence-electron chi connectivity index (χ2n) is 7.76. The molecule has 1 unspecified atom stereocenters. The molecule has 11 heteroatoms. The molecule has 0 aliphatic carbocycles. The van der Waals surface area contributed by atoms with Crippen LogP contribution in [0.1, 0.15) is 34.3 Å². The first-order valence-corrected chi connectivity index (χ1v) is 10.6. The van der Waals surface area contributed by atoms with Crippen molar-refractivity contribution >= 4 is 46.7 Å². The summed E-state index contributed by atoms with van der Waals surface area (Å²) in [6.45, 7) is 0.369. The van der Waals surface area contributed by atoms with E-state index in [0.717, 1.165) is 11.1 Å². The number of piperidine rings is 1. The number of imide groups is 1. The molecule has 0 radical (unpaired) electrons. The summed E-state index contributed by atoms with van der Waals surface area (Å²) >= 11 is 5.96. The van der Waals surface area contributed by atoms with E-state index in [1.807, 2.05) is 0 Å². The van der Waals surface area contributed by atoms with E-state index in [1.54, 1.807) is 25.2 Å². The maximum absolute atomic E-state index is 14.4. The van der Waals surface area contributed by atoms with E-state index in [1.165, 1.54) is 17.0 Å². The molecule has 5 amide bonds. The molecule has 0 aromatic heterocycles. The highest BCUT2D eigenvalue weighted by Gasteiger charge is 2.39. The van der Waals surface area contributed by atoms with Crippen LogP contribution >= 0.6 is 11.6 Å². The van der Waals surface area contributed by atoms with Crippen LogP contribution < -0.4 is 21.3 Å². The minimum absolute atomic E-state index is 0.0659. The zero-order valence-corrected chi connectivity index (χ0v) is 18.4. The Labute approximate surface area is 193 Å². The molecule has 4 rings (SSSR count). The molecule has 0 saturated carbocycles. The first kappa shape index (κ1) is 22.5. The van der Waals surface area contributed by atoms with Crippen molar-refractivity contribution in [2.45, 2.75) is 32.0 Å². The lowest BCUT2D eigenvalue weighted by Crippen LogP contribution is -2.52. The molecule has 172 valence electrons. The van der Waals surface area contributed by atoms with Crippen LogP contribution in [-0.4, -0.2) is 41.7 Å². The third-order valence-corrected chi connectivity index (χ3v) is 5.81. The third kappa shape index (κ3) is 4.61. The zero-order valence-electron chi connectivity index (χ0n) is 17.6. The summed E-state index contributed by atoms with van der Waals surface area (Å²) in [6.07, 6.45) is 0.470. The Balaban J connectivity index is 1.40. The number of nitrogens with one attached hydrogen (secondary N) is 4. The number of halogens is 2. The second kappa shape index (κ2) is 9.07. The van der Waals surface area contributed by atoms with Gasteiger partial charge in [0.05, 0.1) is 11.4 Å². The molecule has 33 heavy (non-hydrogen) atoms. The quantitative estimate of drug-likeness (QED) is 0.498. The molecule has 2 heterocycles. The van der Waals surface area contributed by atoms with Crippen LogP contribution in [-0.2, 0) is 22.7 Å². The lowest BCUT2D eigenvalue weighted by molar-refractivity contribution is -0.136. The van der Waals surface area contributed by atoms with Gasteiger partial charge in [0.15, 0.2) is 5.82 Å². The van der Waals surface area contributed by atoms with E-state index >= 15 is 0 Å². The molecule has 2 aromatic rings. The predicted molar refractivity (Wildman–Crippen MR) is 119 cm³/mol. The summed E-state index contributed by atoms with van der Waals surface area (Å²) < 4.78 is 14.4. The molecule has 0 bridgehead atoms. The number of fused-ring (bicyclic) bond motifs is 1. The largest absolute Gasteiger partial charge is 0.386 e. The van der Waals surface area contributed by atoms with Crippen LogP contribution in [0.25, 0.3) is 0 Å². The van der Waals surface area contributed by atoms with Gasteiger partial charge < -0.3 is 20.9 Å². The van der Waals surface area contributed by atoms with Crippen molar-refractivity contribution in [1.82, 2.24) is 15.5 Å².